The van der Waals surface area contributed by atoms with E-state index in [0.717, 1.165) is 10.6 Å². The van der Waals surface area contributed by atoms with Gasteiger partial charge in [0, 0.05) is 12.0 Å². The zero-order valence-electron chi connectivity index (χ0n) is 10.1. The Kier molecular flexibility index (Phi) is 4.07. The first kappa shape index (κ1) is 12.7. The highest BCUT2D eigenvalue weighted by Gasteiger charge is 2.19. The molecule has 18 heavy (non-hydrogen) atoms. The molecule has 0 unspecified atom stereocenters. The molecule has 1 aromatic heterocycles. The molecule has 0 bridgehead atoms. The predicted molar refractivity (Wildman–Crippen MR) is 71.6 cm³/mol. The van der Waals surface area contributed by atoms with E-state index >= 15 is 0 Å². The molecule has 0 fully saturated rings. The van der Waals surface area contributed by atoms with E-state index in [1.165, 1.54) is 18.4 Å². The van der Waals surface area contributed by atoms with Crippen molar-refractivity contribution in [3.63, 3.8) is 0 Å². The summed E-state index contributed by atoms with van der Waals surface area (Å²) in [6.07, 6.45) is 0.668. The summed E-state index contributed by atoms with van der Waals surface area (Å²) in [5.41, 5.74) is 7.11. The SMILES string of the molecule is COC(=O)c1sc(CCN)nc1-c1ccccc1. The number of carbonyl (C=O) groups excluding carboxylic acids is 1. The average molecular weight is 262 g/mol. The van der Waals surface area contributed by atoms with E-state index < -0.39 is 0 Å². The van der Waals surface area contributed by atoms with Crippen molar-refractivity contribution < 1.29 is 9.53 Å². The fraction of sp³-hybridized carbons (Fsp3) is 0.231. The average Bonchev–Trinajstić information content (AvgIpc) is 2.83. The third kappa shape index (κ3) is 2.57. The van der Waals surface area contributed by atoms with Crippen molar-refractivity contribution in [2.24, 2.45) is 5.73 Å². The van der Waals surface area contributed by atoms with Gasteiger partial charge in [-0.05, 0) is 6.54 Å². The van der Waals surface area contributed by atoms with Gasteiger partial charge in [-0.25, -0.2) is 9.78 Å². The number of nitrogens with two attached hydrogens (primary N) is 1. The first-order valence-corrected chi connectivity index (χ1v) is 6.41. The molecule has 0 saturated carbocycles. The van der Waals surface area contributed by atoms with Crippen LogP contribution in [-0.2, 0) is 11.2 Å². The Morgan fingerprint density at radius 3 is 2.72 bits per heavy atom. The van der Waals surface area contributed by atoms with Gasteiger partial charge in [0.05, 0.1) is 17.8 Å². The molecule has 0 atom stereocenters. The first-order chi connectivity index (χ1) is 8.76. The van der Waals surface area contributed by atoms with Crippen LogP contribution in [0.2, 0.25) is 0 Å². The van der Waals surface area contributed by atoms with Crippen LogP contribution in [0.4, 0.5) is 0 Å². The summed E-state index contributed by atoms with van der Waals surface area (Å²) in [4.78, 5) is 16.8. The number of benzene rings is 1. The Hall–Kier alpha value is -1.72. The minimum atomic E-state index is -0.352. The summed E-state index contributed by atoms with van der Waals surface area (Å²) in [5, 5.41) is 0.858. The third-order valence-electron chi connectivity index (χ3n) is 2.45. The number of rotatable bonds is 4. The van der Waals surface area contributed by atoms with Gasteiger partial charge in [0.2, 0.25) is 0 Å². The quantitative estimate of drug-likeness (QED) is 0.857. The van der Waals surface area contributed by atoms with E-state index in [1.54, 1.807) is 0 Å². The minimum absolute atomic E-state index is 0.352. The minimum Gasteiger partial charge on any atom is -0.465 e. The second-order valence-electron chi connectivity index (χ2n) is 3.68. The molecule has 0 aliphatic rings. The molecule has 0 amide bonds. The number of hydrogen-bond acceptors (Lipinski definition) is 5. The van der Waals surface area contributed by atoms with Gasteiger partial charge in [0.1, 0.15) is 4.88 Å². The molecule has 0 spiro atoms. The number of aromatic nitrogens is 1. The number of ether oxygens (including phenoxy) is 1. The van der Waals surface area contributed by atoms with Gasteiger partial charge < -0.3 is 10.5 Å². The largest absolute Gasteiger partial charge is 0.465 e. The van der Waals surface area contributed by atoms with Crippen LogP contribution in [0.15, 0.2) is 30.3 Å². The summed E-state index contributed by atoms with van der Waals surface area (Å²) in [6, 6.07) is 9.60. The van der Waals surface area contributed by atoms with Crippen LogP contribution in [0.1, 0.15) is 14.7 Å². The monoisotopic (exact) mass is 262 g/mol. The van der Waals surface area contributed by atoms with Gasteiger partial charge in [-0.3, -0.25) is 0 Å². The molecular formula is C13H14N2O2S. The number of thiazole rings is 1. The van der Waals surface area contributed by atoms with Crippen molar-refractivity contribution in [1.29, 1.82) is 0 Å². The van der Waals surface area contributed by atoms with Gasteiger partial charge in [-0.15, -0.1) is 11.3 Å². The highest BCUT2D eigenvalue weighted by Crippen LogP contribution is 2.28. The number of esters is 1. The first-order valence-electron chi connectivity index (χ1n) is 5.59. The van der Waals surface area contributed by atoms with Crippen molar-refractivity contribution >= 4 is 17.3 Å². The second kappa shape index (κ2) is 5.75. The molecule has 1 heterocycles. The topological polar surface area (TPSA) is 65.2 Å². The van der Waals surface area contributed by atoms with Crippen LogP contribution < -0.4 is 5.73 Å². The summed E-state index contributed by atoms with van der Waals surface area (Å²) < 4.78 is 4.79. The molecule has 0 aliphatic heterocycles. The molecule has 1 aromatic carbocycles. The standard InChI is InChI=1S/C13H14N2O2S/c1-17-13(16)12-11(9-5-3-2-4-6-9)15-10(18-12)7-8-14/h2-6H,7-8,14H2,1H3. The van der Waals surface area contributed by atoms with Crippen molar-refractivity contribution in [1.82, 2.24) is 4.98 Å². The van der Waals surface area contributed by atoms with E-state index in [9.17, 15) is 4.79 Å². The van der Waals surface area contributed by atoms with Crippen LogP contribution in [0.25, 0.3) is 11.3 Å². The van der Waals surface area contributed by atoms with Crippen molar-refractivity contribution in [3.8, 4) is 11.3 Å². The van der Waals surface area contributed by atoms with Crippen LogP contribution in [0.5, 0.6) is 0 Å². The third-order valence-corrected chi connectivity index (χ3v) is 3.54. The number of methoxy groups -OCH3 is 1. The lowest BCUT2D eigenvalue weighted by atomic mass is 10.1. The Labute approximate surface area is 109 Å². The molecule has 4 nitrogen and oxygen atoms in total. The maximum atomic E-state index is 11.7. The van der Waals surface area contributed by atoms with Crippen LogP contribution >= 0.6 is 11.3 Å². The van der Waals surface area contributed by atoms with Gasteiger partial charge in [-0.2, -0.15) is 0 Å². The molecule has 0 saturated heterocycles. The number of carbonyl (C=O) groups is 1. The van der Waals surface area contributed by atoms with E-state index in [0.29, 0.717) is 23.5 Å². The Morgan fingerprint density at radius 1 is 1.39 bits per heavy atom. The Bertz CT molecular complexity index is 537. The summed E-state index contributed by atoms with van der Waals surface area (Å²) >= 11 is 1.35. The van der Waals surface area contributed by atoms with Crippen molar-refractivity contribution in [2.45, 2.75) is 6.42 Å². The lowest BCUT2D eigenvalue weighted by Crippen LogP contribution is -2.01. The van der Waals surface area contributed by atoms with Gasteiger partial charge in [-0.1, -0.05) is 30.3 Å². The second-order valence-corrected chi connectivity index (χ2v) is 4.77. The van der Waals surface area contributed by atoms with Crippen molar-refractivity contribution in [3.05, 3.63) is 40.2 Å². The highest BCUT2D eigenvalue weighted by atomic mass is 32.1. The fourth-order valence-electron chi connectivity index (χ4n) is 1.62. The molecule has 2 aromatic rings. The molecular weight excluding hydrogens is 248 g/mol. The normalized spacial score (nSPS) is 10.3. The summed E-state index contributed by atoms with van der Waals surface area (Å²) in [7, 11) is 1.37. The lowest BCUT2D eigenvalue weighted by molar-refractivity contribution is 0.0607. The fourth-order valence-corrected chi connectivity index (χ4v) is 2.64. The molecule has 94 valence electrons. The molecule has 5 heteroatoms. The Balaban J connectivity index is 2.47. The number of hydrogen-bond donors (Lipinski definition) is 1. The summed E-state index contributed by atoms with van der Waals surface area (Å²) in [5.74, 6) is -0.352. The van der Waals surface area contributed by atoms with Crippen molar-refractivity contribution in [2.75, 3.05) is 13.7 Å². The number of nitrogens with zero attached hydrogens (tertiary/aromatic N) is 1. The van der Waals surface area contributed by atoms with E-state index in [-0.39, 0.29) is 5.97 Å². The van der Waals surface area contributed by atoms with Crippen LogP contribution in [0.3, 0.4) is 0 Å². The molecule has 0 radical (unpaired) electrons. The van der Waals surface area contributed by atoms with Gasteiger partial charge in [0.15, 0.2) is 0 Å². The molecule has 2 N–H and O–H groups in total. The van der Waals surface area contributed by atoms with E-state index in [2.05, 4.69) is 4.98 Å². The smallest absolute Gasteiger partial charge is 0.350 e. The van der Waals surface area contributed by atoms with E-state index in [1.807, 2.05) is 30.3 Å². The predicted octanol–water partition coefficient (Wildman–Crippen LogP) is 2.10. The van der Waals surface area contributed by atoms with E-state index in [4.69, 9.17) is 10.5 Å². The molecule has 2 rings (SSSR count). The van der Waals surface area contributed by atoms with Gasteiger partial charge >= 0.3 is 5.97 Å². The zero-order valence-corrected chi connectivity index (χ0v) is 10.9. The lowest BCUT2D eigenvalue weighted by Gasteiger charge is -2.00. The highest BCUT2D eigenvalue weighted by molar-refractivity contribution is 7.14. The maximum absolute atomic E-state index is 11.7. The van der Waals surface area contributed by atoms with Gasteiger partial charge in [0.25, 0.3) is 0 Å². The van der Waals surface area contributed by atoms with Crippen LogP contribution in [-0.4, -0.2) is 24.6 Å². The van der Waals surface area contributed by atoms with Crippen LogP contribution in [0, 0.1) is 0 Å². The maximum Gasteiger partial charge on any atom is 0.350 e. The summed E-state index contributed by atoms with van der Waals surface area (Å²) in [6.45, 7) is 0.516. The molecule has 0 aliphatic carbocycles. The zero-order chi connectivity index (χ0) is 13.0. The Morgan fingerprint density at radius 2 is 2.11 bits per heavy atom.